The molecule has 1 saturated heterocycles. The lowest BCUT2D eigenvalue weighted by Gasteiger charge is -2.09. The predicted molar refractivity (Wildman–Crippen MR) is 53.1 cm³/mol. The Morgan fingerprint density at radius 2 is 2.38 bits per heavy atom. The van der Waals surface area contributed by atoms with Gasteiger partial charge in [-0.3, -0.25) is 9.59 Å². The van der Waals surface area contributed by atoms with E-state index in [2.05, 4.69) is 15.6 Å². The summed E-state index contributed by atoms with van der Waals surface area (Å²) < 4.78 is 12.7. The third-order valence-electron chi connectivity index (χ3n) is 2.26. The van der Waals surface area contributed by atoms with Gasteiger partial charge in [-0.15, -0.1) is 0 Å². The van der Waals surface area contributed by atoms with Gasteiger partial charge in [0.1, 0.15) is 5.69 Å². The number of pyridine rings is 1. The molecule has 0 spiro atoms. The minimum atomic E-state index is -0.701. The Morgan fingerprint density at radius 3 is 3.00 bits per heavy atom. The molecule has 1 aliphatic heterocycles. The van der Waals surface area contributed by atoms with Gasteiger partial charge in [-0.2, -0.15) is 4.39 Å². The molecule has 2 N–H and O–H groups in total. The van der Waals surface area contributed by atoms with Crippen LogP contribution in [-0.4, -0.2) is 29.4 Å². The van der Waals surface area contributed by atoms with Crippen molar-refractivity contribution in [3.8, 4) is 0 Å². The minimum Gasteiger partial charge on any atom is -0.354 e. The van der Waals surface area contributed by atoms with Crippen molar-refractivity contribution in [2.45, 2.75) is 12.5 Å². The average Bonchev–Trinajstić information content (AvgIpc) is 2.64. The van der Waals surface area contributed by atoms with Gasteiger partial charge in [0.2, 0.25) is 11.9 Å². The van der Waals surface area contributed by atoms with Crippen LogP contribution in [0, 0.1) is 5.95 Å². The Morgan fingerprint density at radius 1 is 1.56 bits per heavy atom. The van der Waals surface area contributed by atoms with Gasteiger partial charge in [-0.25, -0.2) is 4.98 Å². The number of aromatic nitrogens is 1. The van der Waals surface area contributed by atoms with Crippen LogP contribution in [0.1, 0.15) is 16.9 Å². The van der Waals surface area contributed by atoms with Crippen molar-refractivity contribution in [3.05, 3.63) is 29.8 Å². The summed E-state index contributed by atoms with van der Waals surface area (Å²) >= 11 is 0. The molecule has 1 aromatic rings. The van der Waals surface area contributed by atoms with Gasteiger partial charge >= 0.3 is 0 Å². The van der Waals surface area contributed by atoms with Gasteiger partial charge in [0.15, 0.2) is 0 Å². The van der Waals surface area contributed by atoms with Crippen LogP contribution in [0.2, 0.25) is 0 Å². The molecule has 1 aliphatic rings. The fourth-order valence-corrected chi connectivity index (χ4v) is 1.50. The third-order valence-corrected chi connectivity index (χ3v) is 2.26. The number of amides is 2. The lowest BCUT2D eigenvalue weighted by molar-refractivity contribution is -0.119. The van der Waals surface area contributed by atoms with Crippen LogP contribution >= 0.6 is 0 Å². The van der Waals surface area contributed by atoms with Crippen LogP contribution in [0.3, 0.4) is 0 Å². The van der Waals surface area contributed by atoms with Gasteiger partial charge in [-0.1, -0.05) is 6.07 Å². The van der Waals surface area contributed by atoms with Crippen molar-refractivity contribution >= 4 is 11.8 Å². The fourth-order valence-electron chi connectivity index (χ4n) is 1.50. The maximum Gasteiger partial charge on any atom is 0.270 e. The topological polar surface area (TPSA) is 71.1 Å². The molecule has 0 saturated carbocycles. The van der Waals surface area contributed by atoms with E-state index in [1.807, 2.05) is 0 Å². The van der Waals surface area contributed by atoms with Gasteiger partial charge in [0.25, 0.3) is 5.91 Å². The molecule has 6 heteroatoms. The first kappa shape index (κ1) is 10.5. The Kier molecular flexibility index (Phi) is 2.80. The van der Waals surface area contributed by atoms with E-state index in [1.54, 1.807) is 0 Å². The van der Waals surface area contributed by atoms with Gasteiger partial charge < -0.3 is 10.6 Å². The van der Waals surface area contributed by atoms with E-state index in [0.29, 0.717) is 6.54 Å². The Hall–Kier alpha value is -1.98. The highest BCUT2D eigenvalue weighted by molar-refractivity contribution is 5.93. The number of hydrogen-bond donors (Lipinski definition) is 2. The molecule has 0 radical (unpaired) electrons. The first-order chi connectivity index (χ1) is 7.65. The Labute approximate surface area is 91.1 Å². The summed E-state index contributed by atoms with van der Waals surface area (Å²) in [4.78, 5) is 25.9. The highest BCUT2D eigenvalue weighted by Crippen LogP contribution is 2.02. The molecular formula is C10H10FN3O2. The van der Waals surface area contributed by atoms with E-state index in [-0.39, 0.29) is 24.1 Å². The van der Waals surface area contributed by atoms with Crippen LogP contribution in [0.4, 0.5) is 4.39 Å². The van der Waals surface area contributed by atoms with Crippen molar-refractivity contribution in [1.29, 1.82) is 0 Å². The summed E-state index contributed by atoms with van der Waals surface area (Å²) in [7, 11) is 0. The summed E-state index contributed by atoms with van der Waals surface area (Å²) in [6, 6.07) is 3.75. The molecule has 1 aromatic heterocycles. The number of halogens is 1. The number of carbonyl (C=O) groups excluding carboxylic acids is 2. The first-order valence-corrected chi connectivity index (χ1v) is 4.85. The first-order valence-electron chi connectivity index (χ1n) is 4.85. The molecule has 1 fully saturated rings. The van der Waals surface area contributed by atoms with E-state index in [1.165, 1.54) is 12.1 Å². The fraction of sp³-hybridized carbons (Fsp3) is 0.300. The zero-order valence-corrected chi connectivity index (χ0v) is 8.37. The third kappa shape index (κ3) is 2.33. The second-order valence-electron chi connectivity index (χ2n) is 3.52. The number of nitrogens with zero attached hydrogens (tertiary/aromatic N) is 1. The molecular weight excluding hydrogens is 213 g/mol. The van der Waals surface area contributed by atoms with E-state index in [9.17, 15) is 14.0 Å². The second-order valence-corrected chi connectivity index (χ2v) is 3.52. The summed E-state index contributed by atoms with van der Waals surface area (Å²) in [6.07, 6.45) is 0.251. The zero-order chi connectivity index (χ0) is 11.5. The molecule has 1 atom stereocenters. The quantitative estimate of drug-likeness (QED) is 0.684. The second kappa shape index (κ2) is 4.26. The average molecular weight is 223 g/mol. The number of hydrogen-bond acceptors (Lipinski definition) is 3. The molecule has 2 heterocycles. The molecule has 0 aliphatic carbocycles. The van der Waals surface area contributed by atoms with Crippen LogP contribution in [0.25, 0.3) is 0 Å². The maximum absolute atomic E-state index is 12.7. The summed E-state index contributed by atoms with van der Waals surface area (Å²) in [5, 5.41) is 5.19. The smallest absolute Gasteiger partial charge is 0.270 e. The van der Waals surface area contributed by atoms with Crippen LogP contribution in [0.15, 0.2) is 18.2 Å². The minimum absolute atomic E-state index is 0.0133. The van der Waals surface area contributed by atoms with E-state index >= 15 is 0 Å². The highest BCUT2D eigenvalue weighted by Gasteiger charge is 2.23. The molecule has 0 bridgehead atoms. The molecule has 16 heavy (non-hydrogen) atoms. The summed E-state index contributed by atoms with van der Waals surface area (Å²) in [5.41, 5.74) is 0.0133. The number of rotatable bonds is 2. The molecule has 2 rings (SSSR count). The van der Waals surface area contributed by atoms with Crippen molar-refractivity contribution in [2.24, 2.45) is 0 Å². The SMILES string of the molecule is O=C1CC(NC(=O)c2cccc(F)n2)CN1. The standard InChI is InChI=1S/C10H10FN3O2/c11-8-3-1-2-7(14-8)10(16)13-6-4-9(15)12-5-6/h1-3,6H,4-5H2,(H,12,15)(H,13,16). The largest absolute Gasteiger partial charge is 0.354 e. The van der Waals surface area contributed by atoms with Crippen LogP contribution in [0.5, 0.6) is 0 Å². The lowest BCUT2D eigenvalue weighted by atomic mass is 10.2. The highest BCUT2D eigenvalue weighted by atomic mass is 19.1. The van der Waals surface area contributed by atoms with Gasteiger partial charge in [-0.05, 0) is 12.1 Å². The molecule has 5 nitrogen and oxygen atoms in total. The van der Waals surface area contributed by atoms with Crippen molar-refractivity contribution < 1.29 is 14.0 Å². The Balaban J connectivity index is 2.00. The summed E-state index contributed by atoms with van der Waals surface area (Å²) in [5.74, 6) is -1.27. The molecule has 0 aromatic carbocycles. The number of nitrogens with one attached hydrogen (secondary N) is 2. The van der Waals surface area contributed by atoms with E-state index in [4.69, 9.17) is 0 Å². The van der Waals surface area contributed by atoms with Crippen molar-refractivity contribution in [1.82, 2.24) is 15.6 Å². The maximum atomic E-state index is 12.7. The van der Waals surface area contributed by atoms with Gasteiger partial charge in [0.05, 0.1) is 6.04 Å². The number of carbonyl (C=O) groups is 2. The van der Waals surface area contributed by atoms with Crippen LogP contribution in [-0.2, 0) is 4.79 Å². The van der Waals surface area contributed by atoms with E-state index < -0.39 is 11.9 Å². The normalized spacial score (nSPS) is 19.3. The van der Waals surface area contributed by atoms with Crippen molar-refractivity contribution in [2.75, 3.05) is 6.54 Å². The molecule has 1 unspecified atom stereocenters. The zero-order valence-electron chi connectivity index (χ0n) is 8.37. The predicted octanol–water partition coefficient (Wildman–Crippen LogP) is -0.161. The molecule has 2 amide bonds. The molecule has 84 valence electrons. The van der Waals surface area contributed by atoms with Crippen molar-refractivity contribution in [3.63, 3.8) is 0 Å². The summed E-state index contributed by atoms with van der Waals surface area (Å²) in [6.45, 7) is 0.403. The van der Waals surface area contributed by atoms with Gasteiger partial charge in [0, 0.05) is 13.0 Å². The monoisotopic (exact) mass is 223 g/mol. The van der Waals surface area contributed by atoms with E-state index in [0.717, 1.165) is 6.07 Å². The van der Waals surface area contributed by atoms with Crippen LogP contribution < -0.4 is 10.6 Å². The lowest BCUT2D eigenvalue weighted by Crippen LogP contribution is -2.36. The Bertz CT molecular complexity index is 436.